The largest absolute Gasteiger partial charge is 0.493 e. The van der Waals surface area contributed by atoms with Crippen molar-refractivity contribution >= 4 is 17.5 Å². The van der Waals surface area contributed by atoms with E-state index in [-0.39, 0.29) is 5.95 Å². The average Bonchev–Trinajstić information content (AvgIpc) is 2.61. The summed E-state index contributed by atoms with van der Waals surface area (Å²) >= 11 is 5.94. The zero-order valence-corrected chi connectivity index (χ0v) is 14.0. The number of nitrogens with zero attached hydrogens (tertiary/aromatic N) is 2. The Kier molecular flexibility index (Phi) is 4.53. The van der Waals surface area contributed by atoms with E-state index in [1.807, 2.05) is 48.5 Å². The minimum absolute atomic E-state index is 0.201. The Hall–Kier alpha value is -2.79. The van der Waals surface area contributed by atoms with Crippen molar-refractivity contribution in [2.75, 3.05) is 20.0 Å². The van der Waals surface area contributed by atoms with E-state index in [1.165, 1.54) is 0 Å². The molecule has 2 N–H and O–H groups in total. The Morgan fingerprint density at radius 1 is 0.792 bits per heavy atom. The second-order valence-electron chi connectivity index (χ2n) is 5.07. The highest BCUT2D eigenvalue weighted by molar-refractivity contribution is 6.30. The third-order valence-corrected chi connectivity index (χ3v) is 3.81. The van der Waals surface area contributed by atoms with E-state index >= 15 is 0 Å². The summed E-state index contributed by atoms with van der Waals surface area (Å²) in [6.07, 6.45) is 0. The standard InChI is InChI=1S/C18H16ClN3O2/c1-23-16-8-5-12(9-17(16)24-2)15-10-14(21-18(20)22-15)11-3-6-13(19)7-4-11/h3-10H,1-2H3,(H2,20,21,22). The molecule has 0 fully saturated rings. The van der Waals surface area contributed by atoms with E-state index in [0.717, 1.165) is 16.8 Å². The van der Waals surface area contributed by atoms with Crippen LogP contribution in [-0.2, 0) is 0 Å². The number of nitrogen functional groups attached to an aromatic ring is 1. The van der Waals surface area contributed by atoms with E-state index < -0.39 is 0 Å². The van der Waals surface area contributed by atoms with Crippen LogP contribution >= 0.6 is 11.6 Å². The van der Waals surface area contributed by atoms with Crippen LogP contribution in [-0.4, -0.2) is 24.2 Å². The number of hydrogen-bond acceptors (Lipinski definition) is 5. The molecule has 0 radical (unpaired) electrons. The van der Waals surface area contributed by atoms with Gasteiger partial charge in [-0.3, -0.25) is 0 Å². The third-order valence-electron chi connectivity index (χ3n) is 3.56. The zero-order valence-electron chi connectivity index (χ0n) is 13.3. The lowest BCUT2D eigenvalue weighted by Gasteiger charge is -2.10. The summed E-state index contributed by atoms with van der Waals surface area (Å²) in [6, 6.07) is 14.9. The smallest absolute Gasteiger partial charge is 0.221 e. The van der Waals surface area contributed by atoms with Crippen molar-refractivity contribution in [3.8, 4) is 34.0 Å². The van der Waals surface area contributed by atoms with Gasteiger partial charge < -0.3 is 15.2 Å². The van der Waals surface area contributed by atoms with Crippen LogP contribution in [0.25, 0.3) is 22.5 Å². The summed E-state index contributed by atoms with van der Waals surface area (Å²) in [7, 11) is 3.19. The fraction of sp³-hybridized carbons (Fsp3) is 0.111. The number of methoxy groups -OCH3 is 2. The summed E-state index contributed by atoms with van der Waals surface area (Å²) in [5.74, 6) is 1.48. The highest BCUT2D eigenvalue weighted by Gasteiger charge is 2.10. The van der Waals surface area contributed by atoms with Gasteiger partial charge in [-0.05, 0) is 36.4 Å². The third kappa shape index (κ3) is 3.26. The second-order valence-corrected chi connectivity index (χ2v) is 5.51. The van der Waals surface area contributed by atoms with Crippen molar-refractivity contribution in [1.29, 1.82) is 0 Å². The molecule has 5 nitrogen and oxygen atoms in total. The number of ether oxygens (including phenoxy) is 2. The van der Waals surface area contributed by atoms with Crippen LogP contribution in [0.1, 0.15) is 0 Å². The number of rotatable bonds is 4. The lowest BCUT2D eigenvalue weighted by molar-refractivity contribution is 0.355. The minimum atomic E-state index is 0.201. The molecule has 122 valence electrons. The first kappa shape index (κ1) is 16.1. The first-order valence-corrected chi connectivity index (χ1v) is 7.61. The summed E-state index contributed by atoms with van der Waals surface area (Å²) in [5, 5.41) is 0.667. The van der Waals surface area contributed by atoms with Crippen LogP contribution in [0.3, 0.4) is 0 Å². The first-order valence-electron chi connectivity index (χ1n) is 7.23. The highest BCUT2D eigenvalue weighted by atomic mass is 35.5. The maximum atomic E-state index is 5.94. The Labute approximate surface area is 145 Å². The summed E-state index contributed by atoms with van der Waals surface area (Å²) in [4.78, 5) is 8.63. The normalized spacial score (nSPS) is 10.5. The van der Waals surface area contributed by atoms with Crippen LogP contribution in [0.4, 0.5) is 5.95 Å². The highest BCUT2D eigenvalue weighted by Crippen LogP contribution is 2.33. The van der Waals surface area contributed by atoms with Gasteiger partial charge in [0.15, 0.2) is 11.5 Å². The van der Waals surface area contributed by atoms with Crippen molar-refractivity contribution < 1.29 is 9.47 Å². The number of halogens is 1. The van der Waals surface area contributed by atoms with Gasteiger partial charge >= 0.3 is 0 Å². The monoisotopic (exact) mass is 341 g/mol. The van der Waals surface area contributed by atoms with Gasteiger partial charge in [0.05, 0.1) is 25.6 Å². The van der Waals surface area contributed by atoms with Gasteiger partial charge in [0.1, 0.15) is 0 Å². The van der Waals surface area contributed by atoms with Crippen LogP contribution in [0, 0.1) is 0 Å². The Bertz CT molecular complexity index is 867. The van der Waals surface area contributed by atoms with Crippen molar-refractivity contribution in [3.63, 3.8) is 0 Å². The van der Waals surface area contributed by atoms with E-state index in [2.05, 4.69) is 9.97 Å². The Balaban J connectivity index is 2.07. The van der Waals surface area contributed by atoms with E-state index in [9.17, 15) is 0 Å². The molecule has 0 aliphatic carbocycles. The van der Waals surface area contributed by atoms with Crippen LogP contribution in [0.2, 0.25) is 5.02 Å². The average molecular weight is 342 g/mol. The fourth-order valence-electron chi connectivity index (χ4n) is 2.38. The molecule has 0 unspecified atom stereocenters. The number of benzene rings is 2. The molecule has 3 rings (SSSR count). The van der Waals surface area contributed by atoms with Gasteiger partial charge in [-0.25, -0.2) is 9.97 Å². The summed E-state index contributed by atoms with van der Waals surface area (Å²) in [6.45, 7) is 0. The lowest BCUT2D eigenvalue weighted by Crippen LogP contribution is -1.99. The van der Waals surface area contributed by atoms with Gasteiger partial charge in [-0.15, -0.1) is 0 Å². The number of aromatic nitrogens is 2. The zero-order chi connectivity index (χ0) is 17.1. The molecule has 0 saturated carbocycles. The molecular weight excluding hydrogens is 326 g/mol. The first-order chi connectivity index (χ1) is 11.6. The summed E-state index contributed by atoms with van der Waals surface area (Å²) in [5.41, 5.74) is 9.09. The predicted molar refractivity (Wildman–Crippen MR) is 95.4 cm³/mol. The Morgan fingerprint density at radius 2 is 1.38 bits per heavy atom. The van der Waals surface area contributed by atoms with Crippen molar-refractivity contribution in [1.82, 2.24) is 9.97 Å². The molecular formula is C18H16ClN3O2. The molecule has 0 amide bonds. The molecule has 2 aromatic carbocycles. The van der Waals surface area contributed by atoms with Crippen molar-refractivity contribution in [2.45, 2.75) is 0 Å². The quantitative estimate of drug-likeness (QED) is 0.774. The molecule has 1 heterocycles. The van der Waals surface area contributed by atoms with Crippen LogP contribution in [0.15, 0.2) is 48.5 Å². The van der Waals surface area contributed by atoms with Gasteiger partial charge in [0.2, 0.25) is 5.95 Å². The number of hydrogen-bond donors (Lipinski definition) is 1. The van der Waals surface area contributed by atoms with E-state index in [1.54, 1.807) is 14.2 Å². The molecule has 0 spiro atoms. The molecule has 0 aliphatic heterocycles. The second kappa shape index (κ2) is 6.76. The molecule has 0 atom stereocenters. The molecule has 0 saturated heterocycles. The fourth-order valence-corrected chi connectivity index (χ4v) is 2.50. The Morgan fingerprint density at radius 3 is 2.00 bits per heavy atom. The van der Waals surface area contributed by atoms with Crippen LogP contribution < -0.4 is 15.2 Å². The maximum Gasteiger partial charge on any atom is 0.221 e. The van der Waals surface area contributed by atoms with Crippen LogP contribution in [0.5, 0.6) is 11.5 Å². The maximum absolute atomic E-state index is 5.94. The topological polar surface area (TPSA) is 70.3 Å². The molecule has 6 heteroatoms. The summed E-state index contributed by atoms with van der Waals surface area (Å²) < 4.78 is 10.6. The predicted octanol–water partition coefficient (Wildman–Crippen LogP) is 4.06. The molecule has 24 heavy (non-hydrogen) atoms. The van der Waals surface area contributed by atoms with Gasteiger partial charge in [0, 0.05) is 16.1 Å². The van der Waals surface area contributed by atoms with Crippen molar-refractivity contribution in [2.24, 2.45) is 0 Å². The SMILES string of the molecule is COc1ccc(-c2cc(-c3ccc(Cl)cc3)nc(N)n2)cc1OC. The minimum Gasteiger partial charge on any atom is -0.493 e. The van der Waals surface area contributed by atoms with E-state index in [4.69, 9.17) is 26.8 Å². The number of nitrogens with two attached hydrogens (primary N) is 1. The number of anilines is 1. The molecule has 3 aromatic rings. The molecule has 0 aliphatic rings. The van der Waals surface area contributed by atoms with Gasteiger partial charge in [-0.2, -0.15) is 0 Å². The molecule has 0 bridgehead atoms. The van der Waals surface area contributed by atoms with E-state index in [0.29, 0.717) is 22.2 Å². The lowest BCUT2D eigenvalue weighted by atomic mass is 10.1. The van der Waals surface area contributed by atoms with Gasteiger partial charge in [-0.1, -0.05) is 23.7 Å². The molecule has 1 aromatic heterocycles. The van der Waals surface area contributed by atoms with Crippen molar-refractivity contribution in [3.05, 3.63) is 53.6 Å². The van der Waals surface area contributed by atoms with Gasteiger partial charge in [0.25, 0.3) is 0 Å².